The third-order valence-electron chi connectivity index (χ3n) is 3.17. The number of carboxylic acids is 1. The van der Waals surface area contributed by atoms with Crippen LogP contribution in [0.4, 0.5) is 10.1 Å². The molecule has 0 saturated heterocycles. The van der Waals surface area contributed by atoms with Crippen molar-refractivity contribution in [2.45, 2.75) is 11.8 Å². The molecule has 0 atom stereocenters. The van der Waals surface area contributed by atoms with Crippen molar-refractivity contribution in [1.29, 1.82) is 0 Å². The molecule has 0 aliphatic heterocycles. The molecule has 2 aromatic carbocycles. The molecular formula is C16H13BrFNO6S. The molecule has 0 fully saturated rings. The summed E-state index contributed by atoms with van der Waals surface area (Å²) < 4.78 is 46.1. The normalized spacial score (nSPS) is 11.0. The minimum atomic E-state index is -4.40. The zero-order chi connectivity index (χ0) is 19.5. The highest BCUT2D eigenvalue weighted by Crippen LogP contribution is 2.26. The van der Waals surface area contributed by atoms with Crippen molar-refractivity contribution in [3.63, 3.8) is 0 Å². The molecule has 0 radical (unpaired) electrons. The zero-order valence-electron chi connectivity index (χ0n) is 13.3. The highest BCUT2D eigenvalue weighted by Gasteiger charge is 2.25. The summed E-state index contributed by atoms with van der Waals surface area (Å²) in [5.74, 6) is -3.54. The lowest BCUT2D eigenvalue weighted by atomic mass is 10.2. The Balaban J connectivity index is 2.35. The summed E-state index contributed by atoms with van der Waals surface area (Å²) in [4.78, 5) is 21.8. The number of carbonyl (C=O) groups is 2. The molecule has 0 spiro atoms. The van der Waals surface area contributed by atoms with Crippen molar-refractivity contribution in [2.75, 3.05) is 11.3 Å². The van der Waals surface area contributed by atoms with Gasteiger partial charge < -0.3 is 9.84 Å². The van der Waals surface area contributed by atoms with Crippen molar-refractivity contribution < 1.29 is 32.2 Å². The largest absolute Gasteiger partial charge is 0.478 e. The van der Waals surface area contributed by atoms with E-state index in [1.54, 1.807) is 6.92 Å². The first kappa shape index (κ1) is 19.9. The van der Waals surface area contributed by atoms with E-state index in [-0.39, 0.29) is 22.3 Å². The molecule has 0 unspecified atom stereocenters. The van der Waals surface area contributed by atoms with Crippen LogP contribution < -0.4 is 4.72 Å². The van der Waals surface area contributed by atoms with Crippen molar-refractivity contribution in [3.05, 3.63) is 57.8 Å². The molecule has 0 bridgehead atoms. The Morgan fingerprint density at radius 3 is 2.38 bits per heavy atom. The number of rotatable bonds is 6. The van der Waals surface area contributed by atoms with Gasteiger partial charge in [-0.2, -0.15) is 0 Å². The standard InChI is InChI=1S/C16H13BrFNO6S/c1-2-25-16(22)9-3-5-11(6-4-9)19-26(23,24)13-8-10(17)7-12(14(13)18)15(20)21/h3-8,19H,2H2,1H3,(H,20,21). The second-order valence-corrected chi connectivity index (χ2v) is 7.54. The third kappa shape index (κ3) is 4.38. The van der Waals surface area contributed by atoms with Gasteiger partial charge in [-0.1, -0.05) is 15.9 Å². The van der Waals surface area contributed by atoms with Crippen LogP contribution in [0.15, 0.2) is 45.8 Å². The van der Waals surface area contributed by atoms with Gasteiger partial charge in [0.2, 0.25) is 0 Å². The number of anilines is 1. The fourth-order valence-electron chi connectivity index (χ4n) is 2.01. The lowest BCUT2D eigenvalue weighted by Crippen LogP contribution is -2.17. The average Bonchev–Trinajstić information content (AvgIpc) is 2.56. The van der Waals surface area contributed by atoms with Gasteiger partial charge in [-0.3, -0.25) is 4.72 Å². The van der Waals surface area contributed by atoms with Crippen LogP contribution in [-0.2, 0) is 14.8 Å². The van der Waals surface area contributed by atoms with E-state index in [2.05, 4.69) is 20.7 Å². The fourth-order valence-corrected chi connectivity index (χ4v) is 3.81. The number of aromatic carboxylic acids is 1. The van der Waals surface area contributed by atoms with E-state index in [0.29, 0.717) is 0 Å². The van der Waals surface area contributed by atoms with E-state index < -0.39 is 38.2 Å². The molecule has 26 heavy (non-hydrogen) atoms. The minimum absolute atomic E-state index is 0.0642. The predicted molar refractivity (Wildman–Crippen MR) is 94.3 cm³/mol. The second kappa shape index (κ2) is 7.83. The van der Waals surface area contributed by atoms with Crippen molar-refractivity contribution in [2.24, 2.45) is 0 Å². The molecule has 2 aromatic rings. The molecule has 0 heterocycles. The molecule has 0 aliphatic rings. The third-order valence-corrected chi connectivity index (χ3v) is 5.01. The quantitative estimate of drug-likeness (QED) is 0.660. The van der Waals surface area contributed by atoms with Gasteiger partial charge >= 0.3 is 11.9 Å². The van der Waals surface area contributed by atoms with Gasteiger partial charge in [0.15, 0.2) is 5.82 Å². The summed E-state index contributed by atoms with van der Waals surface area (Å²) in [6.07, 6.45) is 0. The van der Waals surface area contributed by atoms with E-state index in [4.69, 9.17) is 9.84 Å². The number of ether oxygens (including phenoxy) is 1. The van der Waals surface area contributed by atoms with Gasteiger partial charge in [-0.25, -0.2) is 22.4 Å². The number of carboxylic acid groups (broad SMARTS) is 1. The molecule has 2 rings (SSSR count). The van der Waals surface area contributed by atoms with Gasteiger partial charge in [0.1, 0.15) is 4.90 Å². The summed E-state index contributed by atoms with van der Waals surface area (Å²) in [6.45, 7) is 1.85. The van der Waals surface area contributed by atoms with Crippen molar-refractivity contribution >= 4 is 43.6 Å². The van der Waals surface area contributed by atoms with Gasteiger partial charge in [-0.05, 0) is 43.3 Å². The number of sulfonamides is 1. The number of nitrogens with one attached hydrogen (secondary N) is 1. The highest BCUT2D eigenvalue weighted by atomic mass is 79.9. The highest BCUT2D eigenvalue weighted by molar-refractivity contribution is 9.10. The van der Waals surface area contributed by atoms with E-state index >= 15 is 0 Å². The van der Waals surface area contributed by atoms with Crippen LogP contribution in [0.25, 0.3) is 0 Å². The zero-order valence-corrected chi connectivity index (χ0v) is 15.7. The van der Waals surface area contributed by atoms with E-state index in [9.17, 15) is 22.4 Å². The van der Waals surface area contributed by atoms with Gasteiger partial charge in [0.25, 0.3) is 10.0 Å². The molecule has 7 nitrogen and oxygen atoms in total. The number of hydrogen-bond acceptors (Lipinski definition) is 5. The lowest BCUT2D eigenvalue weighted by Gasteiger charge is -2.11. The van der Waals surface area contributed by atoms with Crippen LogP contribution >= 0.6 is 15.9 Å². The van der Waals surface area contributed by atoms with E-state index in [1.807, 2.05) is 0 Å². The summed E-state index contributed by atoms with van der Waals surface area (Å²) in [5, 5.41) is 8.98. The first-order valence-corrected chi connectivity index (χ1v) is 9.45. The average molecular weight is 446 g/mol. The number of benzene rings is 2. The van der Waals surface area contributed by atoms with Crippen molar-refractivity contribution in [1.82, 2.24) is 0 Å². The number of halogens is 2. The SMILES string of the molecule is CCOC(=O)c1ccc(NS(=O)(=O)c2cc(Br)cc(C(=O)O)c2F)cc1. The minimum Gasteiger partial charge on any atom is -0.478 e. The Morgan fingerprint density at radius 2 is 1.85 bits per heavy atom. The Labute approximate surface area is 157 Å². The monoisotopic (exact) mass is 445 g/mol. The first-order valence-electron chi connectivity index (χ1n) is 7.18. The van der Waals surface area contributed by atoms with Gasteiger partial charge in [0.05, 0.1) is 17.7 Å². The Morgan fingerprint density at radius 1 is 1.23 bits per heavy atom. The number of esters is 1. The van der Waals surface area contributed by atoms with Crippen molar-refractivity contribution in [3.8, 4) is 0 Å². The summed E-state index contributed by atoms with van der Waals surface area (Å²) in [6, 6.07) is 7.21. The molecule has 10 heteroatoms. The van der Waals surface area contributed by atoms with Crippen LogP contribution in [0, 0.1) is 5.82 Å². The maximum atomic E-state index is 14.3. The Bertz CT molecular complexity index is 959. The summed E-state index contributed by atoms with van der Waals surface area (Å²) >= 11 is 2.96. The summed E-state index contributed by atoms with van der Waals surface area (Å²) in [7, 11) is -4.40. The number of carbonyl (C=O) groups excluding carboxylic acids is 1. The summed E-state index contributed by atoms with van der Waals surface area (Å²) in [5.41, 5.74) is -0.497. The molecule has 0 aromatic heterocycles. The maximum absolute atomic E-state index is 14.3. The Hall–Kier alpha value is -2.46. The fraction of sp³-hybridized carbons (Fsp3) is 0.125. The predicted octanol–water partition coefficient (Wildman–Crippen LogP) is 3.26. The number of hydrogen-bond donors (Lipinski definition) is 2. The van der Waals surface area contributed by atoms with Crippen LogP contribution in [0.2, 0.25) is 0 Å². The maximum Gasteiger partial charge on any atom is 0.338 e. The molecule has 138 valence electrons. The van der Waals surface area contributed by atoms with Crippen LogP contribution in [0.3, 0.4) is 0 Å². The first-order chi connectivity index (χ1) is 12.2. The van der Waals surface area contributed by atoms with Crippen LogP contribution in [0.1, 0.15) is 27.6 Å². The molecule has 2 N–H and O–H groups in total. The lowest BCUT2D eigenvalue weighted by molar-refractivity contribution is 0.0525. The van der Waals surface area contributed by atoms with E-state index in [0.717, 1.165) is 12.1 Å². The molecular weight excluding hydrogens is 433 g/mol. The smallest absolute Gasteiger partial charge is 0.338 e. The van der Waals surface area contributed by atoms with E-state index in [1.165, 1.54) is 24.3 Å². The van der Waals surface area contributed by atoms with Crippen LogP contribution in [0.5, 0.6) is 0 Å². The second-order valence-electron chi connectivity index (χ2n) is 4.97. The molecule has 0 aliphatic carbocycles. The van der Waals surface area contributed by atoms with Gasteiger partial charge in [-0.15, -0.1) is 0 Å². The molecule has 0 saturated carbocycles. The Kier molecular flexibility index (Phi) is 5.98. The topological polar surface area (TPSA) is 110 Å². The van der Waals surface area contributed by atoms with Crippen LogP contribution in [-0.4, -0.2) is 32.1 Å². The van der Waals surface area contributed by atoms with Gasteiger partial charge in [0, 0.05) is 10.2 Å². The molecule has 0 amide bonds.